The quantitative estimate of drug-likeness (QED) is 0.426. The predicted octanol–water partition coefficient (Wildman–Crippen LogP) is 1.28. The Labute approximate surface area is 97.2 Å². The van der Waals surface area contributed by atoms with Crippen LogP contribution in [0.15, 0.2) is 29.6 Å². The number of nitrogens with two attached hydrogens (primary N) is 2. The molecule has 1 heterocycles. The molecule has 2 aromatic rings. The van der Waals surface area contributed by atoms with Crippen molar-refractivity contribution in [3.63, 3.8) is 0 Å². The van der Waals surface area contributed by atoms with E-state index < -0.39 is 0 Å². The molecule has 84 valence electrons. The lowest BCUT2D eigenvalue weighted by atomic mass is 10.0. The van der Waals surface area contributed by atoms with Gasteiger partial charge in [0.2, 0.25) is 5.91 Å². The third-order valence-corrected chi connectivity index (χ3v) is 3.46. The van der Waals surface area contributed by atoms with Gasteiger partial charge in [0.15, 0.2) is 0 Å². The summed E-state index contributed by atoms with van der Waals surface area (Å²) in [4.78, 5) is 11.1. The van der Waals surface area contributed by atoms with Gasteiger partial charge in [0.25, 0.3) is 0 Å². The first-order valence-corrected chi connectivity index (χ1v) is 5.81. The molecule has 0 saturated heterocycles. The van der Waals surface area contributed by atoms with E-state index in [1.54, 1.807) is 11.3 Å². The summed E-state index contributed by atoms with van der Waals surface area (Å²) >= 11 is 1.63. The molecule has 0 aliphatic rings. The Kier molecular flexibility index (Phi) is 3.19. The Bertz CT molecular complexity index is 509. The molecular formula is C11H13N3OS. The second-order valence-corrected chi connectivity index (χ2v) is 4.48. The number of rotatable bonds is 3. The van der Waals surface area contributed by atoms with Gasteiger partial charge in [0, 0.05) is 17.2 Å². The van der Waals surface area contributed by atoms with Crippen LogP contribution in [0.5, 0.6) is 0 Å². The molecule has 16 heavy (non-hydrogen) atoms. The number of carbonyl (C=O) groups excluding carboxylic acids is 1. The van der Waals surface area contributed by atoms with Crippen LogP contribution >= 0.6 is 11.3 Å². The van der Waals surface area contributed by atoms with E-state index in [1.807, 2.05) is 29.6 Å². The molecule has 4 nitrogen and oxygen atoms in total. The van der Waals surface area contributed by atoms with Crippen molar-refractivity contribution in [1.82, 2.24) is 5.43 Å². The number of hydrazine groups is 1. The van der Waals surface area contributed by atoms with E-state index in [0.29, 0.717) is 0 Å². The van der Waals surface area contributed by atoms with E-state index in [1.165, 1.54) is 4.70 Å². The molecule has 0 bridgehead atoms. The lowest BCUT2D eigenvalue weighted by molar-refractivity contribution is -0.121. The van der Waals surface area contributed by atoms with Crippen molar-refractivity contribution in [2.24, 2.45) is 11.6 Å². The van der Waals surface area contributed by atoms with Gasteiger partial charge in [-0.15, -0.1) is 11.3 Å². The average Bonchev–Trinajstić information content (AvgIpc) is 2.72. The van der Waals surface area contributed by atoms with E-state index in [4.69, 9.17) is 11.6 Å². The topological polar surface area (TPSA) is 81.1 Å². The molecule has 0 aliphatic carbocycles. The number of hydrogen-bond acceptors (Lipinski definition) is 4. The Morgan fingerprint density at radius 3 is 2.94 bits per heavy atom. The molecule has 5 heteroatoms. The lowest BCUT2D eigenvalue weighted by Crippen LogP contribution is -2.32. The molecule has 1 aromatic heterocycles. The molecule has 0 fully saturated rings. The molecule has 1 unspecified atom stereocenters. The zero-order valence-electron chi connectivity index (χ0n) is 8.64. The smallest absolute Gasteiger partial charge is 0.235 e. The number of benzene rings is 1. The molecule has 0 radical (unpaired) electrons. The van der Waals surface area contributed by atoms with Crippen LogP contribution in [0.3, 0.4) is 0 Å². The number of nitrogens with one attached hydrogen (secondary N) is 1. The van der Waals surface area contributed by atoms with Gasteiger partial charge in [0.05, 0.1) is 0 Å². The molecule has 0 spiro atoms. The average molecular weight is 235 g/mol. The maximum absolute atomic E-state index is 11.1. The SMILES string of the molecule is NNC(=O)CC(N)c1csc2ccccc12. The van der Waals surface area contributed by atoms with Gasteiger partial charge in [0.1, 0.15) is 0 Å². The zero-order chi connectivity index (χ0) is 11.5. The predicted molar refractivity (Wildman–Crippen MR) is 65.7 cm³/mol. The van der Waals surface area contributed by atoms with Crippen molar-refractivity contribution in [2.75, 3.05) is 0 Å². The molecule has 2 rings (SSSR count). The summed E-state index contributed by atoms with van der Waals surface area (Å²) in [5.41, 5.74) is 9.07. The van der Waals surface area contributed by atoms with E-state index in [9.17, 15) is 4.79 Å². The fourth-order valence-corrected chi connectivity index (χ4v) is 2.68. The third-order valence-electron chi connectivity index (χ3n) is 2.48. The normalized spacial score (nSPS) is 12.6. The van der Waals surface area contributed by atoms with Gasteiger partial charge in [-0.25, -0.2) is 5.84 Å². The van der Waals surface area contributed by atoms with E-state index in [0.717, 1.165) is 10.9 Å². The second kappa shape index (κ2) is 4.61. The second-order valence-electron chi connectivity index (χ2n) is 3.57. The van der Waals surface area contributed by atoms with E-state index >= 15 is 0 Å². The third kappa shape index (κ3) is 2.06. The van der Waals surface area contributed by atoms with Crippen LogP contribution in [0.2, 0.25) is 0 Å². The monoisotopic (exact) mass is 235 g/mol. The summed E-state index contributed by atoms with van der Waals surface area (Å²) in [6, 6.07) is 7.70. The maximum atomic E-state index is 11.1. The van der Waals surface area contributed by atoms with Crippen LogP contribution in [-0.4, -0.2) is 5.91 Å². The molecular weight excluding hydrogens is 222 g/mol. The molecule has 0 aliphatic heterocycles. The van der Waals surface area contributed by atoms with Crippen LogP contribution in [0.4, 0.5) is 0 Å². The Morgan fingerprint density at radius 1 is 1.44 bits per heavy atom. The highest BCUT2D eigenvalue weighted by Crippen LogP contribution is 2.30. The largest absolute Gasteiger partial charge is 0.323 e. The van der Waals surface area contributed by atoms with Gasteiger partial charge in [-0.1, -0.05) is 18.2 Å². The summed E-state index contributed by atoms with van der Waals surface area (Å²) in [5.74, 6) is 4.79. The van der Waals surface area contributed by atoms with Crippen molar-refractivity contribution in [2.45, 2.75) is 12.5 Å². The summed E-state index contributed by atoms with van der Waals surface area (Å²) < 4.78 is 1.18. The highest BCUT2D eigenvalue weighted by molar-refractivity contribution is 7.17. The number of hydrogen-bond donors (Lipinski definition) is 3. The number of amides is 1. The number of carbonyl (C=O) groups is 1. The first-order chi connectivity index (χ1) is 7.72. The van der Waals surface area contributed by atoms with Crippen molar-refractivity contribution in [3.05, 3.63) is 35.2 Å². The minimum absolute atomic E-state index is 0.206. The van der Waals surface area contributed by atoms with Gasteiger partial charge in [-0.05, 0) is 22.4 Å². The van der Waals surface area contributed by atoms with Gasteiger partial charge >= 0.3 is 0 Å². The van der Waals surface area contributed by atoms with Gasteiger partial charge < -0.3 is 5.73 Å². The number of fused-ring (bicyclic) bond motifs is 1. The molecule has 5 N–H and O–H groups in total. The van der Waals surface area contributed by atoms with Crippen LogP contribution < -0.4 is 17.0 Å². The van der Waals surface area contributed by atoms with Gasteiger partial charge in [-0.3, -0.25) is 10.2 Å². The zero-order valence-corrected chi connectivity index (χ0v) is 9.46. The Morgan fingerprint density at radius 2 is 2.19 bits per heavy atom. The van der Waals surface area contributed by atoms with Crippen LogP contribution in [0.1, 0.15) is 18.0 Å². The van der Waals surface area contributed by atoms with E-state index in [2.05, 4.69) is 5.43 Å². The standard InChI is InChI=1S/C11H13N3OS/c12-9(5-11(15)14-13)8-6-16-10-4-2-1-3-7(8)10/h1-4,6,9H,5,12-13H2,(H,14,15). The van der Waals surface area contributed by atoms with Crippen molar-refractivity contribution < 1.29 is 4.79 Å². The minimum atomic E-state index is -0.306. The van der Waals surface area contributed by atoms with Crippen molar-refractivity contribution >= 4 is 27.3 Å². The lowest BCUT2D eigenvalue weighted by Gasteiger charge is -2.09. The van der Waals surface area contributed by atoms with Crippen molar-refractivity contribution in [1.29, 1.82) is 0 Å². The highest BCUT2D eigenvalue weighted by Gasteiger charge is 2.14. The van der Waals surface area contributed by atoms with Crippen LogP contribution in [0.25, 0.3) is 10.1 Å². The summed E-state index contributed by atoms with van der Waals surface area (Å²) in [6.45, 7) is 0. The Hall–Kier alpha value is -1.43. The molecule has 0 saturated carbocycles. The van der Waals surface area contributed by atoms with E-state index in [-0.39, 0.29) is 18.4 Å². The Balaban J connectivity index is 2.29. The van der Waals surface area contributed by atoms with Crippen LogP contribution in [0, 0.1) is 0 Å². The minimum Gasteiger partial charge on any atom is -0.323 e. The van der Waals surface area contributed by atoms with Crippen LogP contribution in [-0.2, 0) is 4.79 Å². The molecule has 1 aromatic carbocycles. The fraction of sp³-hybridized carbons (Fsp3) is 0.182. The van der Waals surface area contributed by atoms with Gasteiger partial charge in [-0.2, -0.15) is 0 Å². The van der Waals surface area contributed by atoms with Crippen molar-refractivity contribution in [3.8, 4) is 0 Å². The summed E-state index contributed by atoms with van der Waals surface area (Å²) in [5, 5.41) is 3.11. The maximum Gasteiger partial charge on any atom is 0.235 e. The molecule has 1 amide bonds. The fourth-order valence-electron chi connectivity index (χ4n) is 1.65. The summed E-state index contributed by atoms with van der Waals surface area (Å²) in [6.07, 6.45) is 0.206. The molecule has 1 atom stereocenters. The first kappa shape index (κ1) is 11.1. The summed E-state index contributed by atoms with van der Waals surface area (Å²) in [7, 11) is 0. The number of thiophene rings is 1. The first-order valence-electron chi connectivity index (χ1n) is 4.93. The highest BCUT2D eigenvalue weighted by atomic mass is 32.1.